The van der Waals surface area contributed by atoms with Crippen LogP contribution in [0.25, 0.3) is 0 Å². The highest BCUT2D eigenvalue weighted by molar-refractivity contribution is 7.90. The zero-order valence-corrected chi connectivity index (χ0v) is 11.3. The van der Waals surface area contributed by atoms with E-state index >= 15 is 0 Å². The van der Waals surface area contributed by atoms with Crippen LogP contribution < -0.4 is 4.72 Å². The van der Waals surface area contributed by atoms with Gasteiger partial charge < -0.3 is 0 Å². The van der Waals surface area contributed by atoms with Gasteiger partial charge in [-0.25, -0.2) is 13.1 Å². The van der Waals surface area contributed by atoms with Gasteiger partial charge in [0.25, 0.3) is 0 Å². The summed E-state index contributed by atoms with van der Waals surface area (Å²) in [4.78, 5) is 0. The van der Waals surface area contributed by atoms with Gasteiger partial charge in [-0.1, -0.05) is 12.2 Å². The lowest BCUT2D eigenvalue weighted by Gasteiger charge is -2.23. The van der Waals surface area contributed by atoms with Gasteiger partial charge in [-0.3, -0.25) is 0 Å². The average Bonchev–Trinajstić information content (AvgIpc) is 2.14. The summed E-state index contributed by atoms with van der Waals surface area (Å²) in [5.41, 5.74) is 0. The van der Waals surface area contributed by atoms with Crippen LogP contribution in [-0.4, -0.2) is 19.2 Å². The second-order valence-electron chi connectivity index (χ2n) is 4.80. The lowest BCUT2D eigenvalue weighted by Crippen LogP contribution is -2.43. The Hall–Kier alpha value is -0.610. The molecule has 0 rings (SSSR count). The first-order valence-corrected chi connectivity index (χ1v) is 6.98. The van der Waals surface area contributed by atoms with Crippen molar-refractivity contribution in [1.82, 2.24) is 4.72 Å². The molecule has 0 heterocycles. The second kappa shape index (κ2) is 6.21. The molecule has 4 heteroatoms. The van der Waals surface area contributed by atoms with Gasteiger partial charge in [-0.05, 0) is 40.0 Å². The zero-order chi connectivity index (χ0) is 12.8. The fourth-order valence-electron chi connectivity index (χ4n) is 1.08. The van der Waals surface area contributed by atoms with E-state index in [1.165, 1.54) is 0 Å². The van der Waals surface area contributed by atoms with Crippen molar-refractivity contribution in [2.75, 3.05) is 0 Å². The Kier molecular flexibility index (Phi) is 5.97. The van der Waals surface area contributed by atoms with Gasteiger partial charge in [0.1, 0.15) is 0 Å². The number of hydrogen-bond acceptors (Lipinski definition) is 2. The normalized spacial score (nSPS) is 14.4. The van der Waals surface area contributed by atoms with Crippen LogP contribution in [0, 0.1) is 0 Å². The maximum Gasteiger partial charge on any atom is 0.217 e. The zero-order valence-electron chi connectivity index (χ0n) is 10.5. The number of allylic oxidation sites excluding steroid dienone is 1. The first-order chi connectivity index (χ1) is 7.24. The molecule has 3 nitrogen and oxygen atoms in total. The summed E-state index contributed by atoms with van der Waals surface area (Å²) in [6.07, 6.45) is 6.03. The summed E-state index contributed by atoms with van der Waals surface area (Å²) in [6, 6.07) is -0.191. The Morgan fingerprint density at radius 1 is 1.31 bits per heavy atom. The smallest absolute Gasteiger partial charge is 0.212 e. The van der Waals surface area contributed by atoms with Crippen molar-refractivity contribution in [2.24, 2.45) is 0 Å². The van der Waals surface area contributed by atoms with E-state index in [2.05, 4.69) is 17.9 Å². The molecule has 1 N–H and O–H groups in total. The number of nitrogens with one attached hydrogen (secondary N) is 1. The van der Waals surface area contributed by atoms with Gasteiger partial charge >= 0.3 is 0 Å². The molecule has 0 bridgehead atoms. The highest BCUT2D eigenvalue weighted by Gasteiger charge is 2.30. The molecule has 0 amide bonds. The van der Waals surface area contributed by atoms with Crippen LogP contribution in [0.15, 0.2) is 25.3 Å². The minimum absolute atomic E-state index is 0.191. The Bertz CT molecular complexity index is 325. The molecule has 16 heavy (non-hydrogen) atoms. The van der Waals surface area contributed by atoms with E-state index in [9.17, 15) is 8.42 Å². The van der Waals surface area contributed by atoms with Crippen LogP contribution in [0.5, 0.6) is 0 Å². The molecule has 0 fully saturated rings. The minimum atomic E-state index is -3.29. The van der Waals surface area contributed by atoms with Crippen molar-refractivity contribution in [1.29, 1.82) is 0 Å². The molecular formula is C12H23NO2S. The van der Waals surface area contributed by atoms with Crippen LogP contribution in [0.3, 0.4) is 0 Å². The molecule has 94 valence electrons. The Balaban J connectivity index is 4.43. The quantitative estimate of drug-likeness (QED) is 0.553. The molecule has 0 saturated carbocycles. The van der Waals surface area contributed by atoms with E-state index in [1.807, 2.05) is 6.08 Å². The number of unbranched alkanes of at least 4 members (excludes halogenated alkanes) is 1. The third-order valence-electron chi connectivity index (χ3n) is 2.32. The molecule has 1 atom stereocenters. The van der Waals surface area contributed by atoms with Crippen LogP contribution in [0.1, 0.15) is 40.0 Å². The van der Waals surface area contributed by atoms with E-state index in [4.69, 9.17) is 0 Å². The third-order valence-corrected chi connectivity index (χ3v) is 4.55. The lowest BCUT2D eigenvalue weighted by molar-refractivity contribution is 0.526. The molecule has 0 radical (unpaired) electrons. The number of hydrogen-bond donors (Lipinski definition) is 1. The summed E-state index contributed by atoms with van der Waals surface area (Å²) >= 11 is 0. The maximum atomic E-state index is 11.9. The van der Waals surface area contributed by atoms with Crippen LogP contribution in [0.4, 0.5) is 0 Å². The number of rotatable bonds is 7. The van der Waals surface area contributed by atoms with Crippen molar-refractivity contribution < 1.29 is 8.42 Å². The molecule has 0 aromatic carbocycles. The molecule has 1 unspecified atom stereocenters. The summed E-state index contributed by atoms with van der Waals surface area (Å²) in [5.74, 6) is 0. The molecule has 0 aromatic heterocycles. The fraction of sp³-hybridized carbons (Fsp3) is 0.667. The van der Waals surface area contributed by atoms with Crippen LogP contribution in [-0.2, 0) is 10.0 Å². The van der Waals surface area contributed by atoms with Gasteiger partial charge in [0.2, 0.25) is 10.0 Å². The second-order valence-corrected chi connectivity index (χ2v) is 7.26. The summed E-state index contributed by atoms with van der Waals surface area (Å²) in [7, 11) is -3.29. The Labute approximate surface area is 99.7 Å². The fourth-order valence-corrected chi connectivity index (χ4v) is 2.05. The van der Waals surface area contributed by atoms with Crippen molar-refractivity contribution in [3.63, 3.8) is 0 Å². The monoisotopic (exact) mass is 245 g/mol. The SMILES string of the molecule is C=CCCCC(C=C)NS(=O)(=O)C(C)(C)C. The van der Waals surface area contributed by atoms with Gasteiger partial charge in [0, 0.05) is 6.04 Å². The Morgan fingerprint density at radius 3 is 2.25 bits per heavy atom. The predicted octanol–water partition coefficient (Wildman–Crippen LogP) is 2.62. The van der Waals surface area contributed by atoms with E-state index in [-0.39, 0.29) is 6.04 Å². The molecule has 0 spiro atoms. The average molecular weight is 245 g/mol. The molecule has 0 aliphatic heterocycles. The highest BCUT2D eigenvalue weighted by Crippen LogP contribution is 2.15. The van der Waals surface area contributed by atoms with Gasteiger partial charge in [0.05, 0.1) is 4.75 Å². The summed E-state index contributed by atoms with van der Waals surface area (Å²) in [5, 5.41) is 0. The topological polar surface area (TPSA) is 46.2 Å². The lowest BCUT2D eigenvalue weighted by atomic mass is 10.1. The highest BCUT2D eigenvalue weighted by atomic mass is 32.2. The maximum absolute atomic E-state index is 11.9. The molecular weight excluding hydrogens is 222 g/mol. The summed E-state index contributed by atoms with van der Waals surface area (Å²) in [6.45, 7) is 12.3. The van der Waals surface area contributed by atoms with Gasteiger partial charge in [-0.2, -0.15) is 0 Å². The van der Waals surface area contributed by atoms with E-state index in [0.717, 1.165) is 19.3 Å². The molecule has 0 aromatic rings. The molecule has 0 aliphatic rings. The standard InChI is InChI=1S/C12H23NO2S/c1-6-8-9-10-11(7-2)13-16(14,15)12(3,4)5/h6-7,11,13H,1-2,8-10H2,3-5H3. The first kappa shape index (κ1) is 15.4. The van der Waals surface area contributed by atoms with Gasteiger partial charge in [0.15, 0.2) is 0 Å². The van der Waals surface area contributed by atoms with Gasteiger partial charge in [-0.15, -0.1) is 13.2 Å². The van der Waals surface area contributed by atoms with Crippen molar-refractivity contribution in [3.05, 3.63) is 25.3 Å². The third kappa shape index (κ3) is 4.94. The molecule has 0 aliphatic carbocycles. The van der Waals surface area contributed by atoms with Crippen molar-refractivity contribution >= 4 is 10.0 Å². The van der Waals surface area contributed by atoms with Crippen LogP contribution in [0.2, 0.25) is 0 Å². The largest absolute Gasteiger partial charge is 0.217 e. The van der Waals surface area contributed by atoms with E-state index in [0.29, 0.717) is 0 Å². The molecule has 0 saturated heterocycles. The Morgan fingerprint density at radius 2 is 1.88 bits per heavy atom. The van der Waals surface area contributed by atoms with Crippen LogP contribution >= 0.6 is 0 Å². The number of sulfonamides is 1. The van der Waals surface area contributed by atoms with E-state index < -0.39 is 14.8 Å². The minimum Gasteiger partial charge on any atom is -0.212 e. The summed E-state index contributed by atoms with van der Waals surface area (Å²) < 4.78 is 25.6. The van der Waals surface area contributed by atoms with Crippen molar-refractivity contribution in [2.45, 2.75) is 50.8 Å². The van der Waals surface area contributed by atoms with Crippen molar-refractivity contribution in [3.8, 4) is 0 Å². The first-order valence-electron chi connectivity index (χ1n) is 5.50. The predicted molar refractivity (Wildman–Crippen MR) is 69.8 cm³/mol. The van der Waals surface area contributed by atoms with E-state index in [1.54, 1.807) is 26.8 Å².